The monoisotopic (exact) mass is 400 g/mol. The molecule has 0 aromatic carbocycles. The first-order valence-corrected chi connectivity index (χ1v) is 10.5. The van der Waals surface area contributed by atoms with Crippen LogP contribution in [0.3, 0.4) is 0 Å². The average molecular weight is 401 g/mol. The van der Waals surface area contributed by atoms with Crippen LogP contribution in [0.25, 0.3) is 0 Å². The summed E-state index contributed by atoms with van der Waals surface area (Å²) < 4.78 is 1.64. The molecule has 28 heavy (non-hydrogen) atoms. The minimum Gasteiger partial charge on any atom is -0.348 e. The van der Waals surface area contributed by atoms with Crippen molar-refractivity contribution in [3.8, 4) is 0 Å². The fourth-order valence-corrected chi connectivity index (χ4v) is 5.20. The van der Waals surface area contributed by atoms with E-state index in [0.717, 1.165) is 29.2 Å². The first-order valence-electron chi connectivity index (χ1n) is 9.66. The number of carbonyl (C=O) groups is 2. The van der Waals surface area contributed by atoms with E-state index in [1.54, 1.807) is 22.5 Å². The van der Waals surface area contributed by atoms with Crippen molar-refractivity contribution < 1.29 is 9.59 Å². The number of rotatable bonds is 4. The second kappa shape index (κ2) is 7.50. The van der Waals surface area contributed by atoms with Gasteiger partial charge in [0.15, 0.2) is 0 Å². The van der Waals surface area contributed by atoms with Gasteiger partial charge in [-0.05, 0) is 18.9 Å². The van der Waals surface area contributed by atoms with Gasteiger partial charge in [0.2, 0.25) is 11.8 Å². The number of piperidine rings is 1. The van der Waals surface area contributed by atoms with Crippen molar-refractivity contribution in [2.45, 2.75) is 45.2 Å². The zero-order valence-corrected chi connectivity index (χ0v) is 16.9. The number of thiazole rings is 1. The molecule has 148 valence electrons. The Morgan fingerprint density at radius 3 is 2.86 bits per heavy atom. The molecule has 2 aliphatic heterocycles. The van der Waals surface area contributed by atoms with Crippen molar-refractivity contribution in [2.24, 2.45) is 5.92 Å². The van der Waals surface area contributed by atoms with E-state index in [1.165, 1.54) is 17.4 Å². The van der Waals surface area contributed by atoms with Crippen molar-refractivity contribution in [1.29, 1.82) is 0 Å². The molecule has 1 saturated heterocycles. The maximum absolute atomic E-state index is 13.1. The second-order valence-corrected chi connectivity index (χ2v) is 8.47. The van der Waals surface area contributed by atoms with E-state index in [0.29, 0.717) is 19.6 Å². The Balaban J connectivity index is 1.62. The lowest BCUT2D eigenvalue weighted by atomic mass is 9.78. The SMILES string of the molecule is CCc1csc(CNC(=O)[C@H]2[C@H]3C[C@H](CN(C(C)=O)C3)c3cccc(=O)n32)n1. The Hall–Kier alpha value is -2.48. The molecule has 7 nitrogen and oxygen atoms in total. The normalized spacial score (nSPS) is 23.2. The predicted molar refractivity (Wildman–Crippen MR) is 106 cm³/mol. The maximum Gasteiger partial charge on any atom is 0.251 e. The summed E-state index contributed by atoms with van der Waals surface area (Å²) in [6.07, 6.45) is 1.67. The van der Waals surface area contributed by atoms with E-state index in [1.807, 2.05) is 18.4 Å². The number of aromatic nitrogens is 2. The van der Waals surface area contributed by atoms with Gasteiger partial charge in [0.1, 0.15) is 11.0 Å². The van der Waals surface area contributed by atoms with Crippen LogP contribution in [-0.4, -0.2) is 39.4 Å². The summed E-state index contributed by atoms with van der Waals surface area (Å²) in [5.74, 6) is -0.156. The summed E-state index contributed by atoms with van der Waals surface area (Å²) >= 11 is 1.53. The number of hydrogen-bond donors (Lipinski definition) is 1. The van der Waals surface area contributed by atoms with E-state index in [4.69, 9.17) is 0 Å². The molecule has 2 amide bonds. The number of fused-ring (bicyclic) bond motifs is 4. The van der Waals surface area contributed by atoms with Crippen molar-refractivity contribution >= 4 is 23.2 Å². The molecule has 8 heteroatoms. The highest BCUT2D eigenvalue weighted by atomic mass is 32.1. The maximum atomic E-state index is 13.1. The molecular weight excluding hydrogens is 376 g/mol. The molecule has 2 aromatic heterocycles. The summed E-state index contributed by atoms with van der Waals surface area (Å²) in [5, 5.41) is 5.82. The van der Waals surface area contributed by atoms with Gasteiger partial charge in [0.05, 0.1) is 12.2 Å². The number of amides is 2. The number of aryl methyl sites for hydroxylation is 1. The number of carbonyl (C=O) groups excluding carboxylic acids is 2. The van der Waals surface area contributed by atoms with E-state index in [2.05, 4.69) is 10.3 Å². The first kappa shape index (κ1) is 18.9. The van der Waals surface area contributed by atoms with Crippen LogP contribution in [0.2, 0.25) is 0 Å². The summed E-state index contributed by atoms with van der Waals surface area (Å²) in [4.78, 5) is 44.0. The number of hydrogen-bond acceptors (Lipinski definition) is 5. The number of nitrogens with zero attached hydrogens (tertiary/aromatic N) is 3. The number of nitrogens with one attached hydrogen (secondary N) is 1. The minimum atomic E-state index is -0.604. The van der Waals surface area contributed by atoms with Gasteiger partial charge in [-0.1, -0.05) is 13.0 Å². The van der Waals surface area contributed by atoms with Gasteiger partial charge in [-0.25, -0.2) is 4.98 Å². The molecule has 4 heterocycles. The summed E-state index contributed by atoms with van der Waals surface area (Å²) in [6.45, 7) is 5.05. The predicted octanol–water partition coefficient (Wildman–Crippen LogP) is 1.69. The molecule has 4 rings (SSSR count). The number of pyridine rings is 1. The van der Waals surface area contributed by atoms with E-state index >= 15 is 0 Å². The van der Waals surface area contributed by atoms with Crippen LogP contribution in [0.15, 0.2) is 28.4 Å². The standard InChI is InChI=1S/C20H24N4O3S/c1-3-15-11-28-17(22-15)8-21-20(27)19-14-7-13(9-23(10-14)12(2)25)16-5-4-6-18(26)24(16)19/h4-6,11,13-14,19H,3,7-10H2,1-2H3,(H,21,27)/t13-,14+,19-/m1/s1. The third-order valence-corrected chi connectivity index (χ3v) is 6.63. The van der Waals surface area contributed by atoms with E-state index in [9.17, 15) is 14.4 Å². The quantitative estimate of drug-likeness (QED) is 0.847. The third-order valence-electron chi connectivity index (χ3n) is 5.74. The Kier molecular flexibility index (Phi) is 5.05. The van der Waals surface area contributed by atoms with Crippen LogP contribution in [0, 0.1) is 5.92 Å². The first-order chi connectivity index (χ1) is 13.5. The van der Waals surface area contributed by atoms with Crippen LogP contribution in [0.5, 0.6) is 0 Å². The van der Waals surface area contributed by atoms with E-state index < -0.39 is 6.04 Å². The van der Waals surface area contributed by atoms with Crippen LogP contribution in [0.1, 0.15) is 48.6 Å². The van der Waals surface area contributed by atoms with Crippen LogP contribution in [-0.2, 0) is 22.6 Å². The minimum absolute atomic E-state index is 0.00969. The Morgan fingerprint density at radius 1 is 1.32 bits per heavy atom. The van der Waals surface area contributed by atoms with Gasteiger partial charge < -0.3 is 10.2 Å². The summed E-state index contributed by atoms with van der Waals surface area (Å²) in [6, 6.07) is 4.54. The Bertz CT molecular complexity index is 966. The van der Waals surface area contributed by atoms with Crippen LogP contribution in [0.4, 0.5) is 0 Å². The lowest BCUT2D eigenvalue weighted by Gasteiger charge is -2.46. The zero-order chi connectivity index (χ0) is 19.8. The second-order valence-electron chi connectivity index (χ2n) is 7.52. The molecule has 0 saturated carbocycles. The van der Waals surface area contributed by atoms with Gasteiger partial charge in [-0.3, -0.25) is 19.0 Å². The number of likely N-dealkylation sites (tertiary alicyclic amines) is 1. The molecule has 2 aromatic rings. The van der Waals surface area contributed by atoms with Gasteiger partial charge in [0.25, 0.3) is 5.56 Å². The molecule has 2 bridgehead atoms. The third kappa shape index (κ3) is 3.37. The molecule has 3 atom stereocenters. The molecule has 0 radical (unpaired) electrons. The van der Waals surface area contributed by atoms with Crippen molar-refractivity contribution in [1.82, 2.24) is 19.8 Å². The molecular formula is C20H24N4O3S. The summed E-state index contributed by atoms with van der Waals surface area (Å²) in [7, 11) is 0. The fraction of sp³-hybridized carbons (Fsp3) is 0.500. The molecule has 1 fully saturated rings. The summed E-state index contributed by atoms with van der Waals surface area (Å²) in [5.41, 5.74) is 1.70. The Morgan fingerprint density at radius 2 is 2.14 bits per heavy atom. The lowest BCUT2D eigenvalue weighted by molar-refractivity contribution is -0.135. The van der Waals surface area contributed by atoms with E-state index in [-0.39, 0.29) is 29.2 Å². The average Bonchev–Trinajstić information content (AvgIpc) is 3.15. The van der Waals surface area contributed by atoms with Gasteiger partial charge >= 0.3 is 0 Å². The van der Waals surface area contributed by atoms with Gasteiger partial charge in [-0.15, -0.1) is 11.3 Å². The van der Waals surface area contributed by atoms with Gasteiger partial charge in [-0.2, -0.15) is 0 Å². The zero-order valence-electron chi connectivity index (χ0n) is 16.1. The largest absolute Gasteiger partial charge is 0.348 e. The smallest absolute Gasteiger partial charge is 0.251 e. The van der Waals surface area contributed by atoms with Crippen molar-refractivity contribution in [2.75, 3.05) is 13.1 Å². The fourth-order valence-electron chi connectivity index (χ4n) is 4.39. The van der Waals surface area contributed by atoms with Crippen molar-refractivity contribution in [3.05, 3.63) is 50.3 Å². The highest BCUT2D eigenvalue weighted by molar-refractivity contribution is 7.09. The molecule has 1 N–H and O–H groups in total. The van der Waals surface area contributed by atoms with Gasteiger partial charge in [0, 0.05) is 49.0 Å². The van der Waals surface area contributed by atoms with Crippen molar-refractivity contribution in [3.63, 3.8) is 0 Å². The molecule has 0 unspecified atom stereocenters. The van der Waals surface area contributed by atoms with Crippen LogP contribution >= 0.6 is 11.3 Å². The topological polar surface area (TPSA) is 84.3 Å². The molecule has 0 spiro atoms. The Labute approximate surface area is 167 Å². The highest BCUT2D eigenvalue weighted by Gasteiger charge is 2.44. The van der Waals surface area contributed by atoms with Crippen LogP contribution < -0.4 is 10.9 Å². The highest BCUT2D eigenvalue weighted by Crippen LogP contribution is 2.41. The lowest BCUT2D eigenvalue weighted by Crippen LogP contribution is -2.54. The molecule has 2 aliphatic rings. The molecule has 0 aliphatic carbocycles.